The van der Waals surface area contributed by atoms with Crippen LogP contribution in [0.25, 0.3) is 22.2 Å². The predicted octanol–water partition coefficient (Wildman–Crippen LogP) is 2.27. The minimum absolute atomic E-state index is 0.441. The minimum atomic E-state index is 0.441. The summed E-state index contributed by atoms with van der Waals surface area (Å²) in [6.45, 7) is 0. The van der Waals surface area contributed by atoms with Crippen LogP contribution in [0.5, 0.6) is 0 Å². The second-order valence-electron chi connectivity index (χ2n) is 3.70. The van der Waals surface area contributed by atoms with Crippen LogP contribution in [0.4, 0.5) is 5.82 Å². The van der Waals surface area contributed by atoms with E-state index in [9.17, 15) is 0 Å². The Morgan fingerprint density at radius 1 is 0.882 bits per heavy atom. The second-order valence-corrected chi connectivity index (χ2v) is 3.70. The average Bonchev–Trinajstić information content (AvgIpc) is 2.39. The molecule has 1 aromatic carbocycles. The average molecular weight is 222 g/mol. The molecule has 0 saturated heterocycles. The van der Waals surface area contributed by atoms with E-state index in [0.717, 1.165) is 16.5 Å². The van der Waals surface area contributed by atoms with Crippen LogP contribution in [0.3, 0.4) is 0 Å². The van der Waals surface area contributed by atoms with Crippen molar-refractivity contribution in [2.45, 2.75) is 0 Å². The highest BCUT2D eigenvalue weighted by Crippen LogP contribution is 2.24. The second kappa shape index (κ2) is 3.83. The van der Waals surface area contributed by atoms with E-state index in [2.05, 4.69) is 15.0 Å². The van der Waals surface area contributed by atoms with E-state index in [4.69, 9.17) is 5.73 Å². The van der Waals surface area contributed by atoms with E-state index < -0.39 is 0 Å². The summed E-state index contributed by atoms with van der Waals surface area (Å²) in [7, 11) is 0. The molecule has 0 aliphatic carbocycles. The molecule has 0 aliphatic heterocycles. The third kappa shape index (κ3) is 1.69. The van der Waals surface area contributed by atoms with Crippen molar-refractivity contribution in [3.63, 3.8) is 0 Å². The van der Waals surface area contributed by atoms with Crippen molar-refractivity contribution in [2.75, 3.05) is 5.73 Å². The van der Waals surface area contributed by atoms with Crippen LogP contribution < -0.4 is 5.73 Å². The number of fused-ring (bicyclic) bond motifs is 1. The van der Waals surface area contributed by atoms with Crippen LogP contribution in [0.15, 0.2) is 48.9 Å². The Bertz CT molecular complexity index is 679. The molecule has 2 heterocycles. The Labute approximate surface area is 98.2 Å². The zero-order chi connectivity index (χ0) is 11.7. The maximum atomic E-state index is 5.81. The first-order valence-corrected chi connectivity index (χ1v) is 5.26. The van der Waals surface area contributed by atoms with Gasteiger partial charge in [-0.05, 0) is 18.2 Å². The molecule has 0 unspecified atom stereocenters. The van der Waals surface area contributed by atoms with Gasteiger partial charge in [0, 0.05) is 29.5 Å². The third-order valence-electron chi connectivity index (χ3n) is 2.60. The molecule has 0 fully saturated rings. The number of aromatic nitrogens is 3. The summed E-state index contributed by atoms with van der Waals surface area (Å²) in [4.78, 5) is 12.6. The van der Waals surface area contributed by atoms with Crippen LogP contribution >= 0.6 is 0 Å². The molecule has 2 aromatic heterocycles. The predicted molar refractivity (Wildman–Crippen MR) is 67.2 cm³/mol. The van der Waals surface area contributed by atoms with Gasteiger partial charge in [0.1, 0.15) is 11.5 Å². The number of benzene rings is 1. The van der Waals surface area contributed by atoms with E-state index in [1.165, 1.54) is 0 Å². The molecule has 0 atom stereocenters. The van der Waals surface area contributed by atoms with E-state index in [0.29, 0.717) is 11.5 Å². The summed E-state index contributed by atoms with van der Waals surface area (Å²) in [6, 6.07) is 9.85. The van der Waals surface area contributed by atoms with Gasteiger partial charge in [0.05, 0.1) is 5.52 Å². The van der Waals surface area contributed by atoms with Gasteiger partial charge in [-0.3, -0.25) is 9.97 Å². The highest BCUT2D eigenvalue weighted by atomic mass is 14.9. The number of hydrogen-bond acceptors (Lipinski definition) is 4. The van der Waals surface area contributed by atoms with E-state index in [1.54, 1.807) is 18.6 Å². The first-order valence-electron chi connectivity index (χ1n) is 5.26. The maximum Gasteiger partial charge on any atom is 0.149 e. The highest BCUT2D eigenvalue weighted by Gasteiger charge is 2.05. The zero-order valence-electron chi connectivity index (χ0n) is 9.04. The van der Waals surface area contributed by atoms with Crippen LogP contribution in [0.1, 0.15) is 0 Å². The number of anilines is 1. The number of hydrogen-bond donors (Lipinski definition) is 1. The molecular weight excluding hydrogens is 212 g/mol. The van der Waals surface area contributed by atoms with Crippen molar-refractivity contribution in [2.24, 2.45) is 0 Å². The smallest absolute Gasteiger partial charge is 0.149 e. The molecule has 82 valence electrons. The van der Waals surface area contributed by atoms with Crippen LogP contribution in [0.2, 0.25) is 0 Å². The molecule has 0 radical (unpaired) electrons. The van der Waals surface area contributed by atoms with Crippen molar-refractivity contribution in [1.29, 1.82) is 0 Å². The molecule has 4 nitrogen and oxygen atoms in total. The number of nitrogen functional groups attached to an aromatic ring is 1. The molecule has 3 rings (SSSR count). The van der Waals surface area contributed by atoms with Gasteiger partial charge in [-0.1, -0.05) is 12.1 Å². The molecule has 0 aliphatic rings. The Kier molecular flexibility index (Phi) is 2.19. The lowest BCUT2D eigenvalue weighted by atomic mass is 10.1. The summed E-state index contributed by atoms with van der Waals surface area (Å²) in [5.74, 6) is 0.441. The van der Waals surface area contributed by atoms with Crippen molar-refractivity contribution in [3.05, 3.63) is 48.9 Å². The number of rotatable bonds is 1. The quantitative estimate of drug-likeness (QED) is 0.686. The van der Waals surface area contributed by atoms with Gasteiger partial charge in [-0.15, -0.1) is 0 Å². The molecule has 0 amide bonds. The normalized spacial score (nSPS) is 10.6. The number of pyridine rings is 1. The lowest BCUT2D eigenvalue weighted by molar-refractivity contribution is 1.22. The molecular formula is C13H10N4. The van der Waals surface area contributed by atoms with Crippen molar-refractivity contribution >= 4 is 16.7 Å². The summed E-state index contributed by atoms with van der Waals surface area (Å²) >= 11 is 0. The van der Waals surface area contributed by atoms with E-state index in [-0.39, 0.29) is 0 Å². The van der Waals surface area contributed by atoms with Crippen molar-refractivity contribution < 1.29 is 0 Å². The molecule has 4 heteroatoms. The monoisotopic (exact) mass is 222 g/mol. The van der Waals surface area contributed by atoms with Gasteiger partial charge in [0.15, 0.2) is 0 Å². The summed E-state index contributed by atoms with van der Waals surface area (Å²) < 4.78 is 0. The fourth-order valence-corrected chi connectivity index (χ4v) is 1.79. The van der Waals surface area contributed by atoms with Gasteiger partial charge < -0.3 is 5.73 Å². The Hall–Kier alpha value is -2.49. The number of nitrogens with zero attached hydrogens (tertiary/aromatic N) is 3. The summed E-state index contributed by atoms with van der Waals surface area (Å²) in [6.07, 6.45) is 5.00. The Balaban J connectivity index is 2.22. The SMILES string of the molecule is Nc1nccnc1-c1ccc2ncccc2c1. The zero-order valence-corrected chi connectivity index (χ0v) is 9.04. The highest BCUT2D eigenvalue weighted by molar-refractivity contribution is 5.85. The Morgan fingerprint density at radius 2 is 1.76 bits per heavy atom. The first-order chi connectivity index (χ1) is 8.34. The van der Waals surface area contributed by atoms with Crippen LogP contribution in [0, 0.1) is 0 Å². The summed E-state index contributed by atoms with van der Waals surface area (Å²) in [5.41, 5.74) is 8.43. The van der Waals surface area contributed by atoms with Gasteiger partial charge >= 0.3 is 0 Å². The van der Waals surface area contributed by atoms with Crippen molar-refractivity contribution in [1.82, 2.24) is 15.0 Å². The largest absolute Gasteiger partial charge is 0.382 e. The Morgan fingerprint density at radius 3 is 2.65 bits per heavy atom. The maximum absolute atomic E-state index is 5.81. The molecule has 17 heavy (non-hydrogen) atoms. The standard InChI is InChI=1S/C13H10N4/c14-13-12(16-6-7-17-13)10-3-4-11-9(8-10)2-1-5-15-11/h1-8H,(H2,14,17). The minimum Gasteiger partial charge on any atom is -0.382 e. The molecule has 2 N–H and O–H groups in total. The fourth-order valence-electron chi connectivity index (χ4n) is 1.79. The molecule has 3 aromatic rings. The van der Waals surface area contributed by atoms with Gasteiger partial charge in [-0.2, -0.15) is 0 Å². The molecule has 0 spiro atoms. The first kappa shape index (κ1) is 9.72. The molecule has 0 bridgehead atoms. The molecule has 0 saturated carbocycles. The van der Waals surface area contributed by atoms with Gasteiger partial charge in [0.2, 0.25) is 0 Å². The van der Waals surface area contributed by atoms with Gasteiger partial charge in [0.25, 0.3) is 0 Å². The lowest BCUT2D eigenvalue weighted by Gasteiger charge is -2.04. The van der Waals surface area contributed by atoms with E-state index >= 15 is 0 Å². The van der Waals surface area contributed by atoms with Crippen molar-refractivity contribution in [3.8, 4) is 11.3 Å². The third-order valence-corrected chi connectivity index (χ3v) is 2.60. The van der Waals surface area contributed by atoms with Gasteiger partial charge in [-0.25, -0.2) is 4.98 Å². The van der Waals surface area contributed by atoms with Crippen LogP contribution in [-0.4, -0.2) is 15.0 Å². The fraction of sp³-hybridized carbons (Fsp3) is 0. The lowest BCUT2D eigenvalue weighted by Crippen LogP contribution is -1.95. The summed E-state index contributed by atoms with van der Waals surface area (Å²) in [5, 5.41) is 1.06. The topological polar surface area (TPSA) is 64.7 Å². The van der Waals surface area contributed by atoms with Crippen LogP contribution in [-0.2, 0) is 0 Å². The number of nitrogens with two attached hydrogens (primary N) is 1. The van der Waals surface area contributed by atoms with E-state index in [1.807, 2.05) is 30.3 Å².